The normalized spacial score (nSPS) is 22.6. The molecule has 2 aromatic carbocycles. The number of benzene rings is 2. The summed E-state index contributed by atoms with van der Waals surface area (Å²) in [6, 6.07) is 15.7. The Bertz CT molecular complexity index is 1010. The van der Waals surface area contributed by atoms with Gasteiger partial charge in [-0.25, -0.2) is 13.1 Å². The van der Waals surface area contributed by atoms with Gasteiger partial charge in [0.1, 0.15) is 0 Å². The molecule has 2 aliphatic rings. The third-order valence-electron chi connectivity index (χ3n) is 6.79. The minimum absolute atomic E-state index is 0.0163. The number of halogens is 3. The maximum Gasteiger partial charge on any atom is 0.416 e. The predicted octanol–water partition coefficient (Wildman–Crippen LogP) is 5.36. The fourth-order valence-electron chi connectivity index (χ4n) is 5.18. The quantitative estimate of drug-likeness (QED) is 0.467. The largest absolute Gasteiger partial charge is 0.416 e. The van der Waals surface area contributed by atoms with Crippen molar-refractivity contribution in [2.45, 2.75) is 57.2 Å². The zero-order valence-corrected chi connectivity index (χ0v) is 20.9. The molecular weight excluding hydrogens is 475 g/mol. The van der Waals surface area contributed by atoms with Crippen LogP contribution in [0.2, 0.25) is 0 Å². The monoisotopic (exact) mass is 511 g/mol. The molecule has 0 radical (unpaired) electrons. The zero-order chi connectivity index (χ0) is 25.5. The van der Waals surface area contributed by atoms with Crippen LogP contribution in [0.25, 0.3) is 0 Å². The third kappa shape index (κ3) is 8.22. The molecule has 194 valence electrons. The first-order valence-electron chi connectivity index (χ1n) is 12.2. The summed E-state index contributed by atoms with van der Waals surface area (Å²) in [4.78, 5) is 0. The Morgan fingerprint density at radius 1 is 1.11 bits per heavy atom. The fraction of sp³-hybridized carbons (Fsp3) is 0.538. The summed E-state index contributed by atoms with van der Waals surface area (Å²) in [6.07, 6.45) is -0.564. The highest BCUT2D eigenvalue weighted by atomic mass is 32.2. The van der Waals surface area contributed by atoms with Gasteiger partial charge in [-0.15, -0.1) is 0 Å². The number of hydrogen-bond donors (Lipinski definition) is 3. The van der Waals surface area contributed by atoms with Crippen LogP contribution in [-0.4, -0.2) is 33.3 Å². The summed E-state index contributed by atoms with van der Waals surface area (Å²) in [5.74, 6) is 0.693. The summed E-state index contributed by atoms with van der Waals surface area (Å²) in [7, 11) is -3.35. The fourth-order valence-corrected chi connectivity index (χ4v) is 6.55. The lowest BCUT2D eigenvalue weighted by molar-refractivity contribution is -0.137. The molecular formula is C26H36F3N3O2S. The third-order valence-corrected chi connectivity index (χ3v) is 8.37. The molecule has 4 N–H and O–H groups in total. The minimum atomic E-state index is -4.35. The van der Waals surface area contributed by atoms with Crippen LogP contribution in [0.5, 0.6) is 0 Å². The minimum Gasteiger partial charge on any atom is -0.385 e. The van der Waals surface area contributed by atoms with E-state index in [4.69, 9.17) is 5.73 Å². The van der Waals surface area contributed by atoms with Crippen LogP contribution in [0.15, 0.2) is 54.6 Å². The second-order valence-corrected chi connectivity index (χ2v) is 11.5. The Morgan fingerprint density at radius 2 is 1.77 bits per heavy atom. The van der Waals surface area contributed by atoms with Crippen LogP contribution in [0.4, 0.5) is 18.9 Å². The lowest BCUT2D eigenvalue weighted by Crippen LogP contribution is -2.38. The molecule has 0 amide bonds. The van der Waals surface area contributed by atoms with Crippen molar-refractivity contribution in [3.05, 3.63) is 65.7 Å². The smallest absolute Gasteiger partial charge is 0.385 e. The molecule has 9 heteroatoms. The Hall–Kier alpha value is -2.10. The van der Waals surface area contributed by atoms with Gasteiger partial charge in [-0.2, -0.15) is 13.2 Å². The van der Waals surface area contributed by atoms with E-state index in [2.05, 4.69) is 10.0 Å². The summed E-state index contributed by atoms with van der Waals surface area (Å²) >= 11 is 0. The maximum atomic E-state index is 13.2. The number of nitrogens with one attached hydrogen (secondary N) is 2. The number of nitrogens with two attached hydrogens (primary N) is 1. The Kier molecular flexibility index (Phi) is 9.61. The van der Waals surface area contributed by atoms with Crippen molar-refractivity contribution in [1.82, 2.24) is 4.72 Å². The van der Waals surface area contributed by atoms with Gasteiger partial charge in [-0.05, 0) is 80.7 Å². The van der Waals surface area contributed by atoms with E-state index in [1.54, 1.807) is 0 Å². The predicted molar refractivity (Wildman–Crippen MR) is 135 cm³/mol. The van der Waals surface area contributed by atoms with Crippen molar-refractivity contribution in [2.75, 3.05) is 24.2 Å². The molecule has 1 heterocycles. The molecule has 0 aromatic heterocycles. The molecule has 4 atom stereocenters. The summed E-state index contributed by atoms with van der Waals surface area (Å²) in [5, 5.41) is 3.28. The number of hydrogen-bond acceptors (Lipinski definition) is 4. The molecule has 0 saturated heterocycles. The summed E-state index contributed by atoms with van der Waals surface area (Å²) in [6.45, 7) is 2.95. The molecule has 35 heavy (non-hydrogen) atoms. The average molecular weight is 512 g/mol. The number of fused-ring (bicyclic) bond motifs is 3. The van der Waals surface area contributed by atoms with Crippen LogP contribution in [0.3, 0.4) is 0 Å². The van der Waals surface area contributed by atoms with Crippen molar-refractivity contribution in [1.29, 1.82) is 0 Å². The first kappa shape index (κ1) is 27.5. The van der Waals surface area contributed by atoms with Crippen molar-refractivity contribution in [3.63, 3.8) is 0 Å². The van der Waals surface area contributed by atoms with Crippen LogP contribution in [-0.2, 0) is 16.2 Å². The van der Waals surface area contributed by atoms with Gasteiger partial charge in [0.15, 0.2) is 0 Å². The van der Waals surface area contributed by atoms with E-state index in [9.17, 15) is 21.6 Å². The average Bonchev–Trinajstić information content (AvgIpc) is 2.83. The van der Waals surface area contributed by atoms with Gasteiger partial charge in [0.2, 0.25) is 10.0 Å². The van der Waals surface area contributed by atoms with E-state index in [0.29, 0.717) is 25.3 Å². The second kappa shape index (κ2) is 12.2. The van der Waals surface area contributed by atoms with Crippen LogP contribution < -0.4 is 15.8 Å². The van der Waals surface area contributed by atoms with Crippen LogP contribution in [0, 0.1) is 11.8 Å². The molecule has 4 unspecified atom stereocenters. The van der Waals surface area contributed by atoms with Gasteiger partial charge >= 0.3 is 6.18 Å². The van der Waals surface area contributed by atoms with Crippen molar-refractivity contribution in [2.24, 2.45) is 17.6 Å². The van der Waals surface area contributed by atoms with E-state index in [-0.39, 0.29) is 23.6 Å². The Morgan fingerprint density at radius 3 is 2.37 bits per heavy atom. The molecule has 1 aliphatic heterocycles. The van der Waals surface area contributed by atoms with E-state index in [1.165, 1.54) is 12.1 Å². The van der Waals surface area contributed by atoms with Gasteiger partial charge in [-0.1, -0.05) is 42.8 Å². The van der Waals surface area contributed by atoms with Crippen molar-refractivity contribution in [3.8, 4) is 0 Å². The van der Waals surface area contributed by atoms with Gasteiger partial charge in [0.05, 0.1) is 11.3 Å². The molecule has 0 bridgehead atoms. The van der Waals surface area contributed by atoms with Gasteiger partial charge in [0.25, 0.3) is 0 Å². The van der Waals surface area contributed by atoms with Crippen LogP contribution >= 0.6 is 0 Å². The topological polar surface area (TPSA) is 84.2 Å². The van der Waals surface area contributed by atoms with E-state index < -0.39 is 21.8 Å². The lowest BCUT2D eigenvalue weighted by Gasteiger charge is -2.41. The standard InChI is InChI=1S/C20H30F3N3O2S.C6H6/c1-13(26-29(27,28)8-2-7-24)9-14-3-4-15-12-25-19-6-5-16(20(21,22)23)11-18(19)17(15)10-14;1-2-4-6-5-3-1/h5-6,11,13-15,17,25-26H,2-4,7-10,12,24H2,1H3;1-6H. The SMILES string of the molecule is CC(CC1CCC2CNc3ccc(C(F)(F)F)cc3C2C1)NS(=O)(=O)CCCN.c1ccccc1. The number of rotatable bonds is 7. The number of anilines is 1. The summed E-state index contributed by atoms with van der Waals surface area (Å²) in [5.41, 5.74) is 6.31. The van der Waals surface area contributed by atoms with E-state index in [1.807, 2.05) is 43.3 Å². The van der Waals surface area contributed by atoms with Gasteiger partial charge in [-0.3, -0.25) is 0 Å². The molecule has 1 fully saturated rings. The van der Waals surface area contributed by atoms with Crippen LogP contribution in [0.1, 0.15) is 56.1 Å². The van der Waals surface area contributed by atoms with E-state index in [0.717, 1.165) is 43.1 Å². The molecule has 0 spiro atoms. The highest BCUT2D eigenvalue weighted by molar-refractivity contribution is 7.89. The van der Waals surface area contributed by atoms with Crippen molar-refractivity contribution >= 4 is 15.7 Å². The van der Waals surface area contributed by atoms with Gasteiger partial charge < -0.3 is 11.1 Å². The van der Waals surface area contributed by atoms with E-state index >= 15 is 0 Å². The highest BCUT2D eigenvalue weighted by Gasteiger charge is 2.38. The number of alkyl halides is 3. The molecule has 1 saturated carbocycles. The molecule has 5 nitrogen and oxygen atoms in total. The second-order valence-electron chi connectivity index (χ2n) is 9.60. The molecule has 1 aliphatic carbocycles. The first-order valence-corrected chi connectivity index (χ1v) is 13.9. The Balaban J connectivity index is 0.000000497. The zero-order valence-electron chi connectivity index (χ0n) is 20.1. The first-order chi connectivity index (χ1) is 16.6. The molecule has 4 rings (SSSR count). The molecule has 2 aromatic rings. The van der Waals surface area contributed by atoms with Crippen molar-refractivity contribution < 1.29 is 21.6 Å². The highest BCUT2D eigenvalue weighted by Crippen LogP contribution is 2.48. The lowest BCUT2D eigenvalue weighted by atomic mass is 9.68. The maximum absolute atomic E-state index is 13.2. The van der Waals surface area contributed by atoms with Gasteiger partial charge in [0, 0.05) is 18.3 Å². The number of sulfonamides is 1. The Labute approximate surface area is 206 Å². The summed E-state index contributed by atoms with van der Waals surface area (Å²) < 4.78 is 66.4.